The Labute approximate surface area is 121 Å². The van der Waals surface area contributed by atoms with Crippen LogP contribution < -0.4 is 5.73 Å². The molecule has 108 valence electrons. The van der Waals surface area contributed by atoms with Crippen LogP contribution in [0.15, 0.2) is 36.4 Å². The summed E-state index contributed by atoms with van der Waals surface area (Å²) < 4.78 is 1.93. The first-order chi connectivity index (χ1) is 9.44. The normalized spacial score (nSPS) is 11.8. The fourth-order valence-corrected chi connectivity index (χ4v) is 2.37. The van der Waals surface area contributed by atoms with Crippen LogP contribution in [0.5, 0.6) is 0 Å². The van der Waals surface area contributed by atoms with Gasteiger partial charge in [-0.25, -0.2) is 4.68 Å². The zero-order valence-electron chi connectivity index (χ0n) is 12.8. The predicted octanol–water partition coefficient (Wildman–Crippen LogP) is 3.69. The van der Waals surface area contributed by atoms with E-state index in [1.54, 1.807) is 0 Å². The van der Waals surface area contributed by atoms with Gasteiger partial charge in [0.15, 0.2) is 0 Å². The average Bonchev–Trinajstić information content (AvgIpc) is 2.68. The van der Waals surface area contributed by atoms with Gasteiger partial charge in [0.05, 0.1) is 5.69 Å². The second-order valence-corrected chi connectivity index (χ2v) is 6.61. The number of anilines is 1. The molecule has 2 N–H and O–H groups in total. The minimum atomic E-state index is 0.246. The number of benzene rings is 1. The van der Waals surface area contributed by atoms with Crippen LogP contribution in [0.2, 0.25) is 0 Å². The molecule has 0 radical (unpaired) electrons. The lowest BCUT2D eigenvalue weighted by atomic mass is 9.91. The molecule has 2 rings (SSSR count). The molecule has 0 amide bonds. The smallest absolute Gasteiger partial charge is 0.121 e. The Morgan fingerprint density at radius 3 is 2.50 bits per heavy atom. The molecule has 0 saturated carbocycles. The number of aryl methyl sites for hydroxylation is 2. The summed E-state index contributed by atoms with van der Waals surface area (Å²) in [6, 6.07) is 12.6. The van der Waals surface area contributed by atoms with Crippen LogP contribution >= 0.6 is 0 Å². The minimum absolute atomic E-state index is 0.246. The lowest BCUT2D eigenvalue weighted by Crippen LogP contribution is -2.10. The number of rotatable bonds is 5. The third-order valence-corrected chi connectivity index (χ3v) is 3.25. The third kappa shape index (κ3) is 4.41. The van der Waals surface area contributed by atoms with Crippen LogP contribution in [0.4, 0.5) is 5.82 Å². The van der Waals surface area contributed by atoms with Gasteiger partial charge in [0.25, 0.3) is 0 Å². The first-order valence-electron chi connectivity index (χ1n) is 7.30. The lowest BCUT2D eigenvalue weighted by Gasteiger charge is -2.15. The van der Waals surface area contributed by atoms with Crippen LogP contribution in [-0.4, -0.2) is 9.78 Å². The summed E-state index contributed by atoms with van der Waals surface area (Å²) >= 11 is 0. The molecule has 0 saturated heterocycles. The fourth-order valence-electron chi connectivity index (χ4n) is 2.37. The Morgan fingerprint density at radius 2 is 1.85 bits per heavy atom. The summed E-state index contributed by atoms with van der Waals surface area (Å²) in [5.74, 6) is 0.775. The molecule has 3 heteroatoms. The number of hydrogen-bond donors (Lipinski definition) is 1. The Hall–Kier alpha value is -1.77. The van der Waals surface area contributed by atoms with E-state index < -0.39 is 0 Å². The van der Waals surface area contributed by atoms with E-state index in [-0.39, 0.29) is 5.41 Å². The molecule has 0 fully saturated rings. The number of nitrogens with two attached hydrogens (primary N) is 1. The topological polar surface area (TPSA) is 43.8 Å². The SMILES string of the molecule is CC(C)(C)Cc1cc(N)n(CCCc2ccccc2)n1. The van der Waals surface area contributed by atoms with E-state index in [2.05, 4.69) is 50.1 Å². The molecule has 0 aliphatic carbocycles. The Balaban J connectivity index is 1.90. The summed E-state index contributed by atoms with van der Waals surface area (Å²) in [5, 5.41) is 4.62. The van der Waals surface area contributed by atoms with Gasteiger partial charge in [-0.1, -0.05) is 51.1 Å². The van der Waals surface area contributed by atoms with Crippen molar-refractivity contribution in [3.05, 3.63) is 47.7 Å². The number of nitrogens with zero attached hydrogens (tertiary/aromatic N) is 2. The molecule has 3 nitrogen and oxygen atoms in total. The monoisotopic (exact) mass is 271 g/mol. The molecule has 1 aromatic heterocycles. The highest BCUT2D eigenvalue weighted by atomic mass is 15.3. The van der Waals surface area contributed by atoms with Crippen molar-refractivity contribution in [1.82, 2.24) is 9.78 Å². The van der Waals surface area contributed by atoms with Gasteiger partial charge < -0.3 is 5.73 Å². The first kappa shape index (κ1) is 14.6. The van der Waals surface area contributed by atoms with Crippen molar-refractivity contribution >= 4 is 5.82 Å². The highest BCUT2D eigenvalue weighted by molar-refractivity contribution is 5.31. The van der Waals surface area contributed by atoms with Crippen molar-refractivity contribution in [2.45, 2.75) is 46.6 Å². The fraction of sp³-hybridized carbons (Fsp3) is 0.471. The summed E-state index contributed by atoms with van der Waals surface area (Å²) in [6.07, 6.45) is 3.09. The van der Waals surface area contributed by atoms with Gasteiger partial charge in [0.1, 0.15) is 5.82 Å². The van der Waals surface area contributed by atoms with Crippen LogP contribution in [0.3, 0.4) is 0 Å². The third-order valence-electron chi connectivity index (χ3n) is 3.25. The molecule has 0 unspecified atom stereocenters. The molecular formula is C17H25N3. The average molecular weight is 271 g/mol. The molecule has 0 spiro atoms. The van der Waals surface area contributed by atoms with Gasteiger partial charge in [-0.05, 0) is 30.2 Å². The van der Waals surface area contributed by atoms with Crippen molar-refractivity contribution in [3.63, 3.8) is 0 Å². The van der Waals surface area contributed by atoms with Gasteiger partial charge in [-0.15, -0.1) is 0 Å². The second kappa shape index (κ2) is 6.12. The van der Waals surface area contributed by atoms with Gasteiger partial charge in [-0.3, -0.25) is 0 Å². The first-order valence-corrected chi connectivity index (χ1v) is 7.30. The van der Waals surface area contributed by atoms with Crippen molar-refractivity contribution in [2.75, 3.05) is 5.73 Å². The van der Waals surface area contributed by atoms with Gasteiger partial charge >= 0.3 is 0 Å². The van der Waals surface area contributed by atoms with Crippen molar-refractivity contribution in [3.8, 4) is 0 Å². The molecule has 1 aromatic carbocycles. The predicted molar refractivity (Wildman–Crippen MR) is 84.6 cm³/mol. The molecule has 1 heterocycles. The van der Waals surface area contributed by atoms with Crippen LogP contribution in [0, 0.1) is 5.41 Å². The quantitative estimate of drug-likeness (QED) is 0.901. The van der Waals surface area contributed by atoms with Crippen LogP contribution in [-0.2, 0) is 19.4 Å². The zero-order chi connectivity index (χ0) is 14.6. The summed E-state index contributed by atoms with van der Waals surface area (Å²) in [4.78, 5) is 0. The highest BCUT2D eigenvalue weighted by Crippen LogP contribution is 2.21. The van der Waals surface area contributed by atoms with Gasteiger partial charge in [-0.2, -0.15) is 5.10 Å². The molecular weight excluding hydrogens is 246 g/mol. The number of nitrogen functional groups attached to an aromatic ring is 1. The highest BCUT2D eigenvalue weighted by Gasteiger charge is 2.14. The van der Waals surface area contributed by atoms with E-state index in [1.165, 1.54) is 5.56 Å². The van der Waals surface area contributed by atoms with E-state index in [0.29, 0.717) is 0 Å². The number of hydrogen-bond acceptors (Lipinski definition) is 2. The molecule has 0 aliphatic rings. The maximum absolute atomic E-state index is 6.04. The van der Waals surface area contributed by atoms with Gasteiger partial charge in [0.2, 0.25) is 0 Å². The molecule has 0 atom stereocenters. The lowest BCUT2D eigenvalue weighted by molar-refractivity contribution is 0.403. The van der Waals surface area contributed by atoms with Crippen molar-refractivity contribution in [2.24, 2.45) is 5.41 Å². The molecule has 20 heavy (non-hydrogen) atoms. The zero-order valence-corrected chi connectivity index (χ0v) is 12.8. The van der Waals surface area contributed by atoms with Gasteiger partial charge in [0, 0.05) is 12.6 Å². The summed E-state index contributed by atoms with van der Waals surface area (Å²) in [6.45, 7) is 7.54. The molecule has 0 bridgehead atoms. The van der Waals surface area contributed by atoms with E-state index >= 15 is 0 Å². The van der Waals surface area contributed by atoms with Crippen LogP contribution in [0.1, 0.15) is 38.4 Å². The van der Waals surface area contributed by atoms with E-state index in [1.807, 2.05) is 16.8 Å². The minimum Gasteiger partial charge on any atom is -0.384 e. The molecule has 0 aliphatic heterocycles. The number of aromatic nitrogens is 2. The van der Waals surface area contributed by atoms with E-state index in [0.717, 1.165) is 37.3 Å². The standard InChI is InChI=1S/C17H25N3/c1-17(2,3)13-15-12-16(18)20(19-15)11-7-10-14-8-5-4-6-9-14/h4-6,8-9,12H,7,10-11,13,18H2,1-3H3. The summed E-state index contributed by atoms with van der Waals surface area (Å²) in [5.41, 5.74) is 8.75. The van der Waals surface area contributed by atoms with Crippen molar-refractivity contribution < 1.29 is 0 Å². The largest absolute Gasteiger partial charge is 0.384 e. The van der Waals surface area contributed by atoms with Crippen LogP contribution in [0.25, 0.3) is 0 Å². The van der Waals surface area contributed by atoms with E-state index in [4.69, 9.17) is 5.73 Å². The Bertz CT molecular complexity index is 535. The Kier molecular flexibility index (Phi) is 4.48. The molecule has 2 aromatic rings. The van der Waals surface area contributed by atoms with Crippen molar-refractivity contribution in [1.29, 1.82) is 0 Å². The van der Waals surface area contributed by atoms with E-state index in [9.17, 15) is 0 Å². The Morgan fingerprint density at radius 1 is 1.15 bits per heavy atom. The maximum atomic E-state index is 6.04. The maximum Gasteiger partial charge on any atom is 0.121 e. The summed E-state index contributed by atoms with van der Waals surface area (Å²) in [7, 11) is 0. The second-order valence-electron chi connectivity index (χ2n) is 6.61.